The number of hydrogen-bond acceptors (Lipinski definition) is 5. The van der Waals surface area contributed by atoms with Crippen LogP contribution in [0.4, 0.5) is 10.5 Å². The summed E-state index contributed by atoms with van der Waals surface area (Å²) in [5.74, 6) is 0.744. The number of H-pyrrole nitrogens is 1. The number of anilines is 1. The topological polar surface area (TPSA) is 86.9 Å². The van der Waals surface area contributed by atoms with Gasteiger partial charge in [-0.2, -0.15) is 0 Å². The fourth-order valence-electron chi connectivity index (χ4n) is 3.87. The number of ether oxygens (including phenoxy) is 2. The summed E-state index contributed by atoms with van der Waals surface area (Å²) in [6.45, 7) is 6.98. The lowest BCUT2D eigenvalue weighted by atomic mass is 10.1. The van der Waals surface area contributed by atoms with E-state index < -0.39 is 0 Å². The van der Waals surface area contributed by atoms with E-state index in [1.165, 1.54) is 0 Å². The molecular weight excluding hydrogens is 420 g/mol. The van der Waals surface area contributed by atoms with Crippen LogP contribution in [0, 0.1) is 0 Å². The molecule has 2 heterocycles. The lowest BCUT2D eigenvalue weighted by Crippen LogP contribution is -2.44. The Hall–Kier alpha value is -3.36. The number of nitrogens with zero attached hydrogens (tertiary/aromatic N) is 2. The Morgan fingerprint density at radius 1 is 1.15 bits per heavy atom. The van der Waals surface area contributed by atoms with E-state index in [-0.39, 0.29) is 18.1 Å². The SMILES string of the molecule is CCOc1ccc2[nH]c(=O)c(CN(CCN3CCOCC3)C(=O)Nc3ccccc3)cc2c1. The Kier molecular flexibility index (Phi) is 7.59. The van der Waals surface area contributed by atoms with Gasteiger partial charge in [0, 0.05) is 48.3 Å². The smallest absolute Gasteiger partial charge is 0.322 e. The summed E-state index contributed by atoms with van der Waals surface area (Å²) in [7, 11) is 0. The highest BCUT2D eigenvalue weighted by Crippen LogP contribution is 2.20. The van der Waals surface area contributed by atoms with Gasteiger partial charge in [0.2, 0.25) is 0 Å². The van der Waals surface area contributed by atoms with Crippen LogP contribution in [-0.4, -0.2) is 66.8 Å². The number of aromatic amines is 1. The summed E-state index contributed by atoms with van der Waals surface area (Å²) in [5, 5.41) is 3.81. The predicted molar refractivity (Wildman–Crippen MR) is 129 cm³/mol. The van der Waals surface area contributed by atoms with Crippen molar-refractivity contribution < 1.29 is 14.3 Å². The van der Waals surface area contributed by atoms with Crippen LogP contribution < -0.4 is 15.6 Å². The molecule has 8 heteroatoms. The van der Waals surface area contributed by atoms with Crippen LogP contribution in [-0.2, 0) is 11.3 Å². The molecule has 0 bridgehead atoms. The van der Waals surface area contributed by atoms with Crippen LogP contribution in [0.15, 0.2) is 59.4 Å². The highest BCUT2D eigenvalue weighted by molar-refractivity contribution is 5.89. The zero-order valence-electron chi connectivity index (χ0n) is 18.9. The van der Waals surface area contributed by atoms with Gasteiger partial charge in [0.05, 0.1) is 26.4 Å². The maximum Gasteiger partial charge on any atom is 0.322 e. The highest BCUT2D eigenvalue weighted by Gasteiger charge is 2.19. The van der Waals surface area contributed by atoms with E-state index in [4.69, 9.17) is 9.47 Å². The number of carbonyl (C=O) groups is 1. The van der Waals surface area contributed by atoms with E-state index in [1.54, 1.807) is 4.90 Å². The first-order valence-corrected chi connectivity index (χ1v) is 11.3. The number of benzene rings is 2. The van der Waals surface area contributed by atoms with Gasteiger partial charge in [0.1, 0.15) is 5.75 Å². The van der Waals surface area contributed by atoms with Gasteiger partial charge in [-0.3, -0.25) is 9.69 Å². The fourth-order valence-corrected chi connectivity index (χ4v) is 3.87. The number of urea groups is 1. The lowest BCUT2D eigenvalue weighted by molar-refractivity contribution is 0.0349. The second-order valence-electron chi connectivity index (χ2n) is 7.98. The molecule has 1 aromatic heterocycles. The molecule has 0 saturated carbocycles. The molecule has 2 amide bonds. The van der Waals surface area contributed by atoms with Gasteiger partial charge in [-0.15, -0.1) is 0 Å². The molecule has 0 unspecified atom stereocenters. The molecule has 3 aromatic rings. The number of amides is 2. The van der Waals surface area contributed by atoms with E-state index >= 15 is 0 Å². The van der Waals surface area contributed by atoms with Crippen molar-refractivity contribution in [2.24, 2.45) is 0 Å². The number of morpholine rings is 1. The Bertz CT molecular complexity index is 1130. The van der Waals surface area contributed by atoms with Crippen molar-refractivity contribution >= 4 is 22.6 Å². The molecule has 0 spiro atoms. The molecule has 0 aliphatic carbocycles. The number of para-hydroxylation sites is 1. The first-order chi connectivity index (χ1) is 16.1. The number of nitrogens with one attached hydrogen (secondary N) is 2. The zero-order chi connectivity index (χ0) is 23.0. The maximum atomic E-state index is 13.1. The first-order valence-electron chi connectivity index (χ1n) is 11.3. The van der Waals surface area contributed by atoms with Crippen molar-refractivity contribution in [1.82, 2.24) is 14.8 Å². The third-order valence-corrected chi connectivity index (χ3v) is 5.67. The number of rotatable bonds is 8. The van der Waals surface area contributed by atoms with Crippen LogP contribution >= 0.6 is 0 Å². The van der Waals surface area contributed by atoms with Gasteiger partial charge in [0.15, 0.2) is 0 Å². The molecule has 2 aromatic carbocycles. The monoisotopic (exact) mass is 450 g/mol. The molecule has 1 saturated heterocycles. The van der Waals surface area contributed by atoms with Gasteiger partial charge < -0.3 is 24.7 Å². The quantitative estimate of drug-likeness (QED) is 0.550. The number of hydrogen-bond donors (Lipinski definition) is 2. The second kappa shape index (κ2) is 11.0. The van der Waals surface area contributed by atoms with Gasteiger partial charge in [-0.1, -0.05) is 18.2 Å². The minimum absolute atomic E-state index is 0.199. The number of aromatic nitrogens is 1. The molecule has 2 N–H and O–H groups in total. The first kappa shape index (κ1) is 22.8. The van der Waals surface area contributed by atoms with E-state index in [2.05, 4.69) is 15.2 Å². The lowest BCUT2D eigenvalue weighted by Gasteiger charge is -2.30. The average Bonchev–Trinajstić information content (AvgIpc) is 2.83. The summed E-state index contributed by atoms with van der Waals surface area (Å²) >= 11 is 0. The summed E-state index contributed by atoms with van der Waals surface area (Å²) in [5.41, 5.74) is 1.78. The zero-order valence-corrected chi connectivity index (χ0v) is 18.9. The Morgan fingerprint density at radius 3 is 2.70 bits per heavy atom. The third-order valence-electron chi connectivity index (χ3n) is 5.67. The molecule has 0 radical (unpaired) electrons. The fraction of sp³-hybridized carbons (Fsp3) is 0.360. The standard InChI is InChI=1S/C25H30N4O4/c1-2-33-22-8-9-23-19(17-22)16-20(24(30)27-23)18-29(11-10-28-12-14-32-15-13-28)25(31)26-21-6-4-3-5-7-21/h3-9,16-17H,2,10-15,18H2,1H3,(H,26,31)(H,27,30). The van der Waals surface area contributed by atoms with Crippen molar-refractivity contribution in [2.45, 2.75) is 13.5 Å². The minimum atomic E-state index is -0.239. The maximum absolute atomic E-state index is 13.1. The van der Waals surface area contributed by atoms with Crippen LogP contribution in [0.3, 0.4) is 0 Å². The summed E-state index contributed by atoms with van der Waals surface area (Å²) in [6.07, 6.45) is 0. The van der Waals surface area contributed by atoms with Crippen LogP contribution in [0.2, 0.25) is 0 Å². The molecule has 1 aliphatic rings. The van der Waals surface area contributed by atoms with E-state index in [0.717, 1.165) is 29.7 Å². The molecule has 1 aliphatic heterocycles. The van der Waals surface area contributed by atoms with Crippen LogP contribution in [0.5, 0.6) is 5.75 Å². The van der Waals surface area contributed by atoms with Gasteiger partial charge in [0.25, 0.3) is 5.56 Å². The summed E-state index contributed by atoms with van der Waals surface area (Å²) in [4.78, 5) is 32.8. The Balaban J connectivity index is 1.55. The van der Waals surface area contributed by atoms with E-state index in [0.29, 0.717) is 44.2 Å². The van der Waals surface area contributed by atoms with Crippen molar-refractivity contribution in [3.8, 4) is 5.75 Å². The van der Waals surface area contributed by atoms with Crippen molar-refractivity contribution in [3.05, 3.63) is 70.5 Å². The Morgan fingerprint density at radius 2 is 1.94 bits per heavy atom. The third kappa shape index (κ3) is 6.12. The molecule has 33 heavy (non-hydrogen) atoms. The van der Waals surface area contributed by atoms with Gasteiger partial charge >= 0.3 is 6.03 Å². The minimum Gasteiger partial charge on any atom is -0.494 e. The number of fused-ring (bicyclic) bond motifs is 1. The second-order valence-corrected chi connectivity index (χ2v) is 7.98. The molecule has 174 valence electrons. The largest absolute Gasteiger partial charge is 0.494 e. The number of carbonyl (C=O) groups excluding carboxylic acids is 1. The average molecular weight is 451 g/mol. The van der Waals surface area contributed by atoms with Crippen molar-refractivity contribution in [2.75, 3.05) is 51.3 Å². The van der Waals surface area contributed by atoms with Crippen LogP contribution in [0.25, 0.3) is 10.9 Å². The van der Waals surface area contributed by atoms with Crippen molar-refractivity contribution in [3.63, 3.8) is 0 Å². The van der Waals surface area contributed by atoms with E-state index in [9.17, 15) is 9.59 Å². The predicted octanol–water partition coefficient (Wildman–Crippen LogP) is 3.29. The highest BCUT2D eigenvalue weighted by atomic mass is 16.5. The Labute approximate surface area is 193 Å². The van der Waals surface area contributed by atoms with E-state index in [1.807, 2.05) is 61.5 Å². The summed E-state index contributed by atoms with van der Waals surface area (Å²) < 4.78 is 11.0. The van der Waals surface area contributed by atoms with Crippen molar-refractivity contribution in [1.29, 1.82) is 0 Å². The van der Waals surface area contributed by atoms with Gasteiger partial charge in [-0.05, 0) is 43.3 Å². The van der Waals surface area contributed by atoms with Crippen LogP contribution in [0.1, 0.15) is 12.5 Å². The molecule has 1 fully saturated rings. The molecule has 8 nitrogen and oxygen atoms in total. The summed E-state index contributed by atoms with van der Waals surface area (Å²) in [6, 6.07) is 16.5. The molecular formula is C25H30N4O4. The van der Waals surface area contributed by atoms with Gasteiger partial charge in [-0.25, -0.2) is 4.79 Å². The normalized spacial score (nSPS) is 14.2. The molecule has 0 atom stereocenters. The molecule has 4 rings (SSSR count). The number of pyridine rings is 1.